The van der Waals surface area contributed by atoms with Gasteiger partial charge in [-0.25, -0.2) is 4.79 Å². The van der Waals surface area contributed by atoms with Crippen molar-refractivity contribution in [1.29, 1.82) is 0 Å². The summed E-state index contributed by atoms with van der Waals surface area (Å²) in [5.41, 5.74) is 1.26. The van der Waals surface area contributed by atoms with Gasteiger partial charge in [0.1, 0.15) is 10.8 Å². The number of ether oxygens (including phenoxy) is 2. The number of hydrogen-bond acceptors (Lipinski definition) is 5. The monoisotopic (exact) mass is 333 g/mol. The predicted molar refractivity (Wildman–Crippen MR) is 90.2 cm³/mol. The van der Waals surface area contributed by atoms with Crippen molar-refractivity contribution in [3.8, 4) is 5.75 Å². The first-order chi connectivity index (χ1) is 11.1. The lowest BCUT2D eigenvalue weighted by Gasteiger charge is -2.07. The van der Waals surface area contributed by atoms with Crippen molar-refractivity contribution in [1.82, 2.24) is 0 Å². The van der Waals surface area contributed by atoms with Crippen molar-refractivity contribution in [2.75, 3.05) is 18.5 Å². The third-order valence-corrected chi connectivity index (χ3v) is 3.84. The number of anilines is 1. The highest BCUT2D eigenvalue weighted by Gasteiger charge is 2.16. The van der Waals surface area contributed by atoms with Gasteiger partial charge in [-0.1, -0.05) is 12.1 Å². The molecule has 1 heterocycles. The van der Waals surface area contributed by atoms with Crippen LogP contribution in [0.2, 0.25) is 0 Å². The Morgan fingerprint density at radius 1 is 1.09 bits per heavy atom. The van der Waals surface area contributed by atoms with Gasteiger partial charge in [0.25, 0.3) is 0 Å². The zero-order valence-electron chi connectivity index (χ0n) is 13.1. The number of amides is 1. The van der Waals surface area contributed by atoms with Gasteiger partial charge in [0.05, 0.1) is 25.2 Å². The zero-order valence-corrected chi connectivity index (χ0v) is 13.9. The lowest BCUT2D eigenvalue weighted by atomic mass is 10.1. The van der Waals surface area contributed by atoms with Crippen LogP contribution in [0.4, 0.5) is 5.00 Å². The first-order valence-electron chi connectivity index (χ1n) is 7.40. The highest BCUT2D eigenvalue weighted by Crippen LogP contribution is 2.24. The van der Waals surface area contributed by atoms with Gasteiger partial charge in [-0.15, -0.1) is 11.3 Å². The average Bonchev–Trinajstić information content (AvgIpc) is 2.98. The van der Waals surface area contributed by atoms with Crippen LogP contribution in [0, 0.1) is 0 Å². The number of nitrogens with one attached hydrogen (secondary N) is 1. The average molecular weight is 333 g/mol. The summed E-state index contributed by atoms with van der Waals surface area (Å²) >= 11 is 1.30. The largest absolute Gasteiger partial charge is 0.494 e. The van der Waals surface area contributed by atoms with E-state index in [2.05, 4.69) is 5.32 Å². The van der Waals surface area contributed by atoms with Gasteiger partial charge in [-0.05, 0) is 43.0 Å². The third kappa shape index (κ3) is 4.82. The van der Waals surface area contributed by atoms with Gasteiger partial charge in [-0.3, -0.25) is 4.79 Å². The van der Waals surface area contributed by atoms with Gasteiger partial charge in [0.2, 0.25) is 5.91 Å². The molecule has 0 radical (unpaired) electrons. The SMILES string of the molecule is CCOC(=O)c1ccsc1NC(=O)Cc1ccc(OCC)cc1. The van der Waals surface area contributed by atoms with Crippen LogP contribution in [-0.4, -0.2) is 25.1 Å². The van der Waals surface area contributed by atoms with Crippen LogP contribution in [0.5, 0.6) is 5.75 Å². The normalized spacial score (nSPS) is 10.2. The summed E-state index contributed by atoms with van der Waals surface area (Å²) in [4.78, 5) is 23.9. The van der Waals surface area contributed by atoms with Gasteiger partial charge in [-0.2, -0.15) is 0 Å². The minimum Gasteiger partial charge on any atom is -0.494 e. The fourth-order valence-corrected chi connectivity index (χ4v) is 2.79. The second-order valence-electron chi connectivity index (χ2n) is 4.69. The molecule has 6 heteroatoms. The molecule has 1 amide bonds. The van der Waals surface area contributed by atoms with Crippen molar-refractivity contribution in [2.45, 2.75) is 20.3 Å². The molecule has 0 fully saturated rings. The molecule has 0 aliphatic heterocycles. The molecular weight excluding hydrogens is 314 g/mol. The van der Waals surface area contributed by atoms with E-state index in [1.165, 1.54) is 11.3 Å². The number of thiophene rings is 1. The predicted octanol–water partition coefficient (Wildman–Crippen LogP) is 3.50. The molecule has 0 unspecified atom stereocenters. The van der Waals surface area contributed by atoms with Crippen molar-refractivity contribution < 1.29 is 19.1 Å². The molecule has 122 valence electrons. The Morgan fingerprint density at radius 2 is 1.83 bits per heavy atom. The third-order valence-electron chi connectivity index (χ3n) is 3.01. The summed E-state index contributed by atoms with van der Waals surface area (Å²) in [6, 6.07) is 9.02. The minimum absolute atomic E-state index is 0.179. The first-order valence-corrected chi connectivity index (χ1v) is 8.28. The first kappa shape index (κ1) is 17.0. The Bertz CT molecular complexity index is 663. The molecule has 23 heavy (non-hydrogen) atoms. The number of esters is 1. The fraction of sp³-hybridized carbons (Fsp3) is 0.294. The summed E-state index contributed by atoms with van der Waals surface area (Å²) in [5.74, 6) is 0.173. The molecule has 0 saturated heterocycles. The topological polar surface area (TPSA) is 64.6 Å². The van der Waals surface area contributed by atoms with E-state index in [0.717, 1.165) is 11.3 Å². The van der Waals surface area contributed by atoms with E-state index in [4.69, 9.17) is 9.47 Å². The van der Waals surface area contributed by atoms with E-state index in [0.29, 0.717) is 23.8 Å². The molecular formula is C17H19NO4S. The molecule has 2 rings (SSSR count). The summed E-state index contributed by atoms with van der Waals surface area (Å²) in [7, 11) is 0. The van der Waals surface area contributed by atoms with Gasteiger partial charge < -0.3 is 14.8 Å². The number of rotatable bonds is 7. The molecule has 2 aromatic rings. The van der Waals surface area contributed by atoms with E-state index < -0.39 is 5.97 Å². The molecule has 0 aliphatic rings. The minimum atomic E-state index is -0.426. The summed E-state index contributed by atoms with van der Waals surface area (Å²) in [6.45, 7) is 4.57. The second-order valence-corrected chi connectivity index (χ2v) is 5.60. The van der Waals surface area contributed by atoms with Crippen molar-refractivity contribution in [2.24, 2.45) is 0 Å². The maximum Gasteiger partial charge on any atom is 0.341 e. The van der Waals surface area contributed by atoms with E-state index >= 15 is 0 Å². The molecule has 0 atom stereocenters. The van der Waals surface area contributed by atoms with Crippen LogP contribution in [0.15, 0.2) is 35.7 Å². The maximum atomic E-state index is 12.1. The quantitative estimate of drug-likeness (QED) is 0.788. The van der Waals surface area contributed by atoms with Crippen LogP contribution in [0.3, 0.4) is 0 Å². The molecule has 0 saturated carbocycles. The fourth-order valence-electron chi connectivity index (χ4n) is 2.00. The Hall–Kier alpha value is -2.34. The van der Waals surface area contributed by atoms with Gasteiger partial charge in [0.15, 0.2) is 0 Å². The molecule has 0 bridgehead atoms. The van der Waals surface area contributed by atoms with Crippen LogP contribution < -0.4 is 10.1 Å². The van der Waals surface area contributed by atoms with E-state index in [1.54, 1.807) is 18.4 Å². The standard InChI is InChI=1S/C17H19NO4S/c1-3-21-13-7-5-12(6-8-13)11-15(19)18-16-14(9-10-23-16)17(20)22-4-2/h5-10H,3-4,11H2,1-2H3,(H,18,19). The van der Waals surface area contributed by atoms with Crippen LogP contribution in [-0.2, 0) is 16.0 Å². The molecule has 5 nitrogen and oxygen atoms in total. The lowest BCUT2D eigenvalue weighted by Crippen LogP contribution is -2.16. The Kier molecular flexibility index (Phi) is 6.17. The molecule has 0 aliphatic carbocycles. The number of benzene rings is 1. The van der Waals surface area contributed by atoms with Crippen LogP contribution in [0.1, 0.15) is 29.8 Å². The van der Waals surface area contributed by atoms with Gasteiger partial charge in [0, 0.05) is 0 Å². The summed E-state index contributed by atoms with van der Waals surface area (Å²) < 4.78 is 10.3. The van der Waals surface area contributed by atoms with E-state index in [-0.39, 0.29) is 12.3 Å². The highest BCUT2D eigenvalue weighted by atomic mass is 32.1. The number of carbonyl (C=O) groups excluding carboxylic acids is 2. The second kappa shape index (κ2) is 8.33. The van der Waals surface area contributed by atoms with E-state index in [1.807, 2.05) is 31.2 Å². The van der Waals surface area contributed by atoms with Crippen LogP contribution >= 0.6 is 11.3 Å². The van der Waals surface area contributed by atoms with Crippen molar-refractivity contribution >= 4 is 28.2 Å². The molecule has 1 aromatic heterocycles. The molecule has 1 N–H and O–H groups in total. The summed E-state index contributed by atoms with van der Waals surface area (Å²) in [5, 5.41) is 5.03. The van der Waals surface area contributed by atoms with Gasteiger partial charge >= 0.3 is 5.97 Å². The maximum absolute atomic E-state index is 12.1. The summed E-state index contributed by atoms with van der Waals surface area (Å²) in [6.07, 6.45) is 0.229. The number of carbonyl (C=O) groups is 2. The Morgan fingerprint density at radius 3 is 2.48 bits per heavy atom. The Balaban J connectivity index is 1.97. The smallest absolute Gasteiger partial charge is 0.341 e. The Labute approximate surface area is 139 Å². The number of hydrogen-bond donors (Lipinski definition) is 1. The zero-order chi connectivity index (χ0) is 16.7. The van der Waals surface area contributed by atoms with Crippen molar-refractivity contribution in [3.63, 3.8) is 0 Å². The van der Waals surface area contributed by atoms with E-state index in [9.17, 15) is 9.59 Å². The van der Waals surface area contributed by atoms with Crippen LogP contribution in [0.25, 0.3) is 0 Å². The highest BCUT2D eigenvalue weighted by molar-refractivity contribution is 7.14. The lowest BCUT2D eigenvalue weighted by molar-refractivity contribution is -0.115. The molecule has 1 aromatic carbocycles. The van der Waals surface area contributed by atoms with Crippen molar-refractivity contribution in [3.05, 3.63) is 46.8 Å². The molecule has 0 spiro atoms.